The van der Waals surface area contributed by atoms with E-state index in [1.54, 1.807) is 0 Å². The number of aromatic nitrogens is 2. The van der Waals surface area contributed by atoms with Crippen molar-refractivity contribution in [1.29, 1.82) is 0 Å². The second kappa shape index (κ2) is 4.23. The third kappa shape index (κ3) is 2.05. The lowest BCUT2D eigenvalue weighted by atomic mass is 10.3. The fourth-order valence-corrected chi connectivity index (χ4v) is 2.39. The van der Waals surface area contributed by atoms with Crippen LogP contribution in [0.15, 0.2) is 18.2 Å². The minimum atomic E-state index is -0.366. The molecule has 0 unspecified atom stereocenters. The Labute approximate surface area is 116 Å². The number of hydrogen-bond donors (Lipinski definition) is 2. The zero-order chi connectivity index (χ0) is 12.7. The summed E-state index contributed by atoms with van der Waals surface area (Å²) in [6.07, 6.45) is 0. The SMILES string of the molecule is O=C1CN(Cc2nc3ccc(I)cc3[nH]2)C(=O)N1. The number of benzene rings is 1. The van der Waals surface area contributed by atoms with E-state index in [-0.39, 0.29) is 18.5 Å². The van der Waals surface area contributed by atoms with Crippen LogP contribution in [0.25, 0.3) is 11.0 Å². The van der Waals surface area contributed by atoms with Crippen LogP contribution in [0.4, 0.5) is 4.79 Å². The molecule has 0 atom stereocenters. The molecule has 1 aliphatic rings. The highest BCUT2D eigenvalue weighted by Gasteiger charge is 2.27. The Morgan fingerprint density at radius 1 is 1.39 bits per heavy atom. The van der Waals surface area contributed by atoms with Gasteiger partial charge >= 0.3 is 6.03 Å². The van der Waals surface area contributed by atoms with Gasteiger partial charge in [0.2, 0.25) is 5.91 Å². The molecule has 0 spiro atoms. The molecule has 1 aliphatic heterocycles. The summed E-state index contributed by atoms with van der Waals surface area (Å²) in [6, 6.07) is 5.52. The van der Waals surface area contributed by atoms with Crippen molar-refractivity contribution in [2.75, 3.05) is 6.54 Å². The van der Waals surface area contributed by atoms with Gasteiger partial charge in [-0.15, -0.1) is 0 Å². The maximum Gasteiger partial charge on any atom is 0.324 e. The third-order valence-electron chi connectivity index (χ3n) is 2.70. The molecule has 2 N–H and O–H groups in total. The van der Waals surface area contributed by atoms with Gasteiger partial charge in [-0.05, 0) is 40.8 Å². The fourth-order valence-electron chi connectivity index (χ4n) is 1.90. The first-order valence-corrected chi connectivity index (χ1v) is 6.42. The number of urea groups is 1. The molecule has 1 fully saturated rings. The van der Waals surface area contributed by atoms with Gasteiger partial charge in [-0.2, -0.15) is 0 Å². The average molecular weight is 356 g/mol. The highest BCUT2D eigenvalue weighted by atomic mass is 127. The molecule has 6 nitrogen and oxygen atoms in total. The van der Waals surface area contributed by atoms with Crippen molar-refractivity contribution in [3.05, 3.63) is 27.6 Å². The number of amides is 3. The van der Waals surface area contributed by atoms with Crippen LogP contribution in [-0.4, -0.2) is 33.4 Å². The topological polar surface area (TPSA) is 78.1 Å². The number of hydrogen-bond acceptors (Lipinski definition) is 3. The molecule has 18 heavy (non-hydrogen) atoms. The first kappa shape index (κ1) is 11.5. The maximum absolute atomic E-state index is 11.4. The Bertz CT molecular complexity index is 652. The lowest BCUT2D eigenvalue weighted by molar-refractivity contribution is -0.118. The lowest BCUT2D eigenvalue weighted by Crippen LogP contribution is -2.28. The van der Waals surface area contributed by atoms with E-state index in [1.807, 2.05) is 18.2 Å². The smallest absolute Gasteiger partial charge is 0.324 e. The predicted octanol–water partition coefficient (Wildman–Crippen LogP) is 1.22. The zero-order valence-corrected chi connectivity index (χ0v) is 11.4. The summed E-state index contributed by atoms with van der Waals surface area (Å²) in [5.41, 5.74) is 1.79. The molecule has 0 bridgehead atoms. The van der Waals surface area contributed by atoms with Crippen LogP contribution in [0.3, 0.4) is 0 Å². The van der Waals surface area contributed by atoms with Gasteiger partial charge in [0.15, 0.2) is 0 Å². The molecule has 3 amide bonds. The van der Waals surface area contributed by atoms with E-state index in [0.29, 0.717) is 12.4 Å². The molecule has 1 aromatic heterocycles. The van der Waals surface area contributed by atoms with Crippen molar-refractivity contribution in [3.8, 4) is 0 Å². The van der Waals surface area contributed by atoms with Crippen molar-refractivity contribution in [3.63, 3.8) is 0 Å². The third-order valence-corrected chi connectivity index (χ3v) is 3.37. The minimum Gasteiger partial charge on any atom is -0.340 e. The normalized spacial score (nSPS) is 15.5. The second-order valence-corrected chi connectivity index (χ2v) is 5.30. The van der Waals surface area contributed by atoms with E-state index in [2.05, 4.69) is 37.9 Å². The molecule has 1 aromatic carbocycles. The summed E-state index contributed by atoms with van der Waals surface area (Å²) < 4.78 is 1.12. The Hall–Kier alpha value is -1.64. The number of imide groups is 1. The van der Waals surface area contributed by atoms with Gasteiger partial charge in [-0.3, -0.25) is 10.1 Å². The second-order valence-electron chi connectivity index (χ2n) is 4.05. The standard InChI is InChI=1S/C11H9IN4O2/c12-6-1-2-7-8(3-6)14-9(13-7)4-16-5-10(17)15-11(16)18/h1-3H,4-5H2,(H,13,14)(H,15,17,18). The molecule has 3 rings (SSSR count). The highest BCUT2D eigenvalue weighted by molar-refractivity contribution is 14.1. The minimum absolute atomic E-state index is 0.0907. The van der Waals surface area contributed by atoms with Crippen LogP contribution in [0.5, 0.6) is 0 Å². The Kier molecular flexibility index (Phi) is 2.69. The van der Waals surface area contributed by atoms with Crippen LogP contribution in [0.1, 0.15) is 5.82 Å². The number of carbonyl (C=O) groups excluding carboxylic acids is 2. The largest absolute Gasteiger partial charge is 0.340 e. The van der Waals surface area contributed by atoms with Crippen molar-refractivity contribution in [1.82, 2.24) is 20.2 Å². The molecular formula is C11H9IN4O2. The average Bonchev–Trinajstić information content (AvgIpc) is 2.82. The number of nitrogens with one attached hydrogen (secondary N) is 2. The summed E-state index contributed by atoms with van der Waals surface area (Å²) in [6.45, 7) is 0.399. The number of H-pyrrole nitrogens is 1. The summed E-state index contributed by atoms with van der Waals surface area (Å²) >= 11 is 2.23. The van der Waals surface area contributed by atoms with E-state index < -0.39 is 0 Å². The monoisotopic (exact) mass is 356 g/mol. The Morgan fingerprint density at radius 2 is 2.22 bits per heavy atom. The highest BCUT2D eigenvalue weighted by Crippen LogP contribution is 2.16. The van der Waals surface area contributed by atoms with E-state index in [9.17, 15) is 9.59 Å². The van der Waals surface area contributed by atoms with Crippen molar-refractivity contribution >= 4 is 45.6 Å². The molecule has 2 heterocycles. The maximum atomic E-state index is 11.4. The van der Waals surface area contributed by atoms with E-state index in [0.717, 1.165) is 14.6 Å². The van der Waals surface area contributed by atoms with E-state index >= 15 is 0 Å². The molecular weight excluding hydrogens is 347 g/mol. The van der Waals surface area contributed by atoms with Gasteiger partial charge in [0.25, 0.3) is 0 Å². The number of halogens is 1. The fraction of sp³-hybridized carbons (Fsp3) is 0.182. The molecule has 0 saturated carbocycles. The lowest BCUT2D eigenvalue weighted by Gasteiger charge is -2.09. The zero-order valence-electron chi connectivity index (χ0n) is 9.24. The molecule has 7 heteroatoms. The quantitative estimate of drug-likeness (QED) is 0.628. The van der Waals surface area contributed by atoms with Gasteiger partial charge in [0.05, 0.1) is 17.6 Å². The number of nitrogens with zero attached hydrogens (tertiary/aromatic N) is 2. The van der Waals surface area contributed by atoms with Crippen LogP contribution >= 0.6 is 22.6 Å². The van der Waals surface area contributed by atoms with E-state index in [1.165, 1.54) is 4.90 Å². The molecule has 0 aliphatic carbocycles. The molecule has 2 aromatic rings. The molecule has 1 saturated heterocycles. The molecule has 0 radical (unpaired) electrons. The number of carbonyl (C=O) groups is 2. The number of rotatable bonds is 2. The summed E-state index contributed by atoms with van der Waals surface area (Å²) in [4.78, 5) is 31.4. The summed E-state index contributed by atoms with van der Waals surface area (Å²) in [5, 5.41) is 2.24. The summed E-state index contributed by atoms with van der Waals surface area (Å²) in [5.74, 6) is 0.405. The van der Waals surface area contributed by atoms with Crippen molar-refractivity contribution in [2.24, 2.45) is 0 Å². The van der Waals surface area contributed by atoms with Crippen LogP contribution in [-0.2, 0) is 11.3 Å². The Morgan fingerprint density at radius 3 is 2.94 bits per heavy atom. The Balaban J connectivity index is 1.87. The number of aromatic amines is 1. The van der Waals surface area contributed by atoms with Gasteiger partial charge < -0.3 is 9.88 Å². The van der Waals surface area contributed by atoms with Crippen LogP contribution in [0.2, 0.25) is 0 Å². The van der Waals surface area contributed by atoms with Crippen molar-refractivity contribution < 1.29 is 9.59 Å². The number of fused-ring (bicyclic) bond motifs is 1. The van der Waals surface area contributed by atoms with Gasteiger partial charge in [-0.25, -0.2) is 9.78 Å². The molecule has 92 valence electrons. The summed E-state index contributed by atoms with van der Waals surface area (Å²) in [7, 11) is 0. The predicted molar refractivity (Wildman–Crippen MR) is 72.8 cm³/mol. The van der Waals surface area contributed by atoms with Gasteiger partial charge in [0.1, 0.15) is 12.4 Å². The van der Waals surface area contributed by atoms with Crippen LogP contribution < -0.4 is 5.32 Å². The first-order valence-electron chi connectivity index (χ1n) is 5.35. The van der Waals surface area contributed by atoms with Gasteiger partial charge in [-0.1, -0.05) is 0 Å². The first-order chi connectivity index (χ1) is 8.61. The van der Waals surface area contributed by atoms with Crippen LogP contribution in [0, 0.1) is 3.57 Å². The van der Waals surface area contributed by atoms with E-state index in [4.69, 9.17) is 0 Å². The van der Waals surface area contributed by atoms with Gasteiger partial charge in [0, 0.05) is 3.57 Å². The number of imidazole rings is 1. The van der Waals surface area contributed by atoms with Crippen molar-refractivity contribution in [2.45, 2.75) is 6.54 Å².